The van der Waals surface area contributed by atoms with Gasteiger partial charge in [0.1, 0.15) is 11.6 Å². The van der Waals surface area contributed by atoms with Gasteiger partial charge in [-0.1, -0.05) is 25.1 Å². The number of hydrogen-bond acceptors (Lipinski definition) is 0. The van der Waals surface area contributed by atoms with Gasteiger partial charge in [-0.05, 0) is 48.6 Å². The second kappa shape index (κ2) is 8.08. The maximum Gasteiger partial charge on any atom is 0.161 e. The zero-order chi connectivity index (χ0) is 17.7. The first kappa shape index (κ1) is 18.2. The Labute approximate surface area is 137 Å². The van der Waals surface area contributed by atoms with Crippen LogP contribution in [0.5, 0.6) is 0 Å². The molecule has 0 saturated heterocycles. The fourth-order valence-electron chi connectivity index (χ4n) is 2.35. The van der Waals surface area contributed by atoms with E-state index in [4.69, 9.17) is 0 Å². The van der Waals surface area contributed by atoms with Gasteiger partial charge in [-0.3, -0.25) is 0 Å². The van der Waals surface area contributed by atoms with Crippen LogP contribution in [0.1, 0.15) is 36.5 Å². The first-order chi connectivity index (χ1) is 11.4. The third kappa shape index (κ3) is 4.43. The highest BCUT2D eigenvalue weighted by Gasteiger charge is 2.12. The summed E-state index contributed by atoms with van der Waals surface area (Å²) in [6, 6.07) is 7.14. The van der Waals surface area contributed by atoms with Crippen molar-refractivity contribution in [1.82, 2.24) is 0 Å². The molecular formula is C19H17F5. The second-order valence-corrected chi connectivity index (χ2v) is 5.52. The molecule has 0 atom stereocenters. The number of allylic oxidation sites excluding steroid dienone is 1. The molecule has 2 rings (SSSR count). The number of aryl methyl sites for hydroxylation is 2. The van der Waals surface area contributed by atoms with Crippen LogP contribution in [0, 0.1) is 17.5 Å². The third-order valence-corrected chi connectivity index (χ3v) is 3.68. The predicted octanol–water partition coefficient (Wildman–Crippen LogP) is 6.30. The molecule has 2 aromatic rings. The van der Waals surface area contributed by atoms with Crippen molar-refractivity contribution < 1.29 is 22.0 Å². The van der Waals surface area contributed by atoms with Crippen LogP contribution in [0.15, 0.2) is 42.2 Å². The summed E-state index contributed by atoms with van der Waals surface area (Å²) >= 11 is 0. The molecule has 0 nitrogen and oxygen atoms in total. The molecule has 0 saturated carbocycles. The number of halogens is 5. The lowest BCUT2D eigenvalue weighted by atomic mass is 10.0. The Kier molecular flexibility index (Phi) is 6.12. The molecule has 0 unspecified atom stereocenters. The van der Waals surface area contributed by atoms with E-state index in [-0.39, 0.29) is 18.4 Å². The summed E-state index contributed by atoms with van der Waals surface area (Å²) in [5.74, 6) is -4.50. The predicted molar refractivity (Wildman–Crippen MR) is 84.2 cm³/mol. The van der Waals surface area contributed by atoms with Crippen molar-refractivity contribution in [1.29, 1.82) is 0 Å². The summed E-state index contributed by atoms with van der Waals surface area (Å²) in [5.41, 5.74) is 0.680. The fraction of sp³-hybridized carbons (Fsp3) is 0.263. The Morgan fingerprint density at radius 1 is 0.833 bits per heavy atom. The van der Waals surface area contributed by atoms with E-state index in [2.05, 4.69) is 0 Å². The Balaban J connectivity index is 2.12. The van der Waals surface area contributed by atoms with Crippen molar-refractivity contribution in [3.8, 4) is 0 Å². The zero-order valence-electron chi connectivity index (χ0n) is 13.2. The molecule has 0 spiro atoms. The van der Waals surface area contributed by atoms with Crippen molar-refractivity contribution in [2.45, 2.75) is 32.6 Å². The Morgan fingerprint density at radius 2 is 1.58 bits per heavy atom. The normalized spacial score (nSPS) is 12.2. The molecule has 0 radical (unpaired) electrons. The minimum Gasteiger partial charge on any atom is -0.209 e. The molecular weight excluding hydrogens is 323 g/mol. The summed E-state index contributed by atoms with van der Waals surface area (Å²) in [6.07, 6.45) is 0.954. The molecule has 0 amide bonds. The monoisotopic (exact) mass is 340 g/mol. The van der Waals surface area contributed by atoms with Gasteiger partial charge in [0.2, 0.25) is 0 Å². The molecule has 5 heteroatoms. The fourth-order valence-corrected chi connectivity index (χ4v) is 2.35. The summed E-state index contributed by atoms with van der Waals surface area (Å²) in [5, 5.41) is 0. The summed E-state index contributed by atoms with van der Waals surface area (Å²) in [7, 11) is 0. The van der Waals surface area contributed by atoms with Crippen LogP contribution < -0.4 is 0 Å². The molecule has 0 aromatic heterocycles. The van der Waals surface area contributed by atoms with Gasteiger partial charge in [0, 0.05) is 12.0 Å². The second-order valence-electron chi connectivity index (χ2n) is 5.52. The zero-order valence-corrected chi connectivity index (χ0v) is 13.2. The molecule has 2 aromatic carbocycles. The van der Waals surface area contributed by atoms with Crippen molar-refractivity contribution in [2.75, 3.05) is 0 Å². The largest absolute Gasteiger partial charge is 0.209 e. The van der Waals surface area contributed by atoms with Gasteiger partial charge < -0.3 is 0 Å². The van der Waals surface area contributed by atoms with Crippen LogP contribution in [0.4, 0.5) is 22.0 Å². The highest BCUT2D eigenvalue weighted by atomic mass is 19.2. The molecule has 24 heavy (non-hydrogen) atoms. The lowest BCUT2D eigenvalue weighted by Gasteiger charge is -2.07. The van der Waals surface area contributed by atoms with Crippen molar-refractivity contribution >= 4 is 5.83 Å². The highest BCUT2D eigenvalue weighted by molar-refractivity contribution is 5.61. The van der Waals surface area contributed by atoms with Gasteiger partial charge in [-0.25, -0.2) is 22.0 Å². The molecule has 128 valence electrons. The Morgan fingerprint density at radius 3 is 2.21 bits per heavy atom. The minimum absolute atomic E-state index is 0.0364. The van der Waals surface area contributed by atoms with Gasteiger partial charge in [0.05, 0.1) is 0 Å². The standard InChI is InChI=1S/C19H17F5/c1-2-3-16(21)19(24)14-8-7-13(17(22)11-14)6-4-12-5-9-15(20)18(23)10-12/h5,7-11H,2-4,6H2,1H3/b19-16+. The van der Waals surface area contributed by atoms with E-state index in [1.54, 1.807) is 6.92 Å². The number of benzene rings is 2. The van der Waals surface area contributed by atoms with Crippen molar-refractivity contribution in [3.05, 3.63) is 76.4 Å². The van der Waals surface area contributed by atoms with Gasteiger partial charge in [0.15, 0.2) is 17.5 Å². The van der Waals surface area contributed by atoms with E-state index in [9.17, 15) is 22.0 Å². The Hall–Kier alpha value is -2.17. The lowest BCUT2D eigenvalue weighted by molar-refractivity contribution is 0.507. The maximum atomic E-state index is 14.1. The van der Waals surface area contributed by atoms with Gasteiger partial charge in [-0.2, -0.15) is 0 Å². The van der Waals surface area contributed by atoms with E-state index in [1.165, 1.54) is 18.2 Å². The molecule has 0 aliphatic carbocycles. The van der Waals surface area contributed by atoms with E-state index in [1.807, 2.05) is 0 Å². The minimum atomic E-state index is -1.05. The molecule has 0 aliphatic rings. The van der Waals surface area contributed by atoms with Crippen molar-refractivity contribution in [2.24, 2.45) is 0 Å². The molecule has 0 bridgehead atoms. The van der Waals surface area contributed by atoms with E-state index < -0.39 is 29.1 Å². The summed E-state index contributed by atoms with van der Waals surface area (Å²) < 4.78 is 67.3. The van der Waals surface area contributed by atoms with Gasteiger partial charge in [0.25, 0.3) is 0 Å². The van der Waals surface area contributed by atoms with E-state index in [0.717, 1.165) is 18.2 Å². The molecule has 0 N–H and O–H groups in total. The lowest BCUT2D eigenvalue weighted by Crippen LogP contribution is -1.97. The van der Waals surface area contributed by atoms with Gasteiger partial charge >= 0.3 is 0 Å². The molecule has 0 aliphatic heterocycles. The van der Waals surface area contributed by atoms with Crippen LogP contribution in [0.25, 0.3) is 5.83 Å². The van der Waals surface area contributed by atoms with Crippen LogP contribution in [0.2, 0.25) is 0 Å². The van der Waals surface area contributed by atoms with Crippen LogP contribution in [0.3, 0.4) is 0 Å². The quantitative estimate of drug-likeness (QED) is 0.542. The molecule has 0 fully saturated rings. The van der Waals surface area contributed by atoms with Gasteiger partial charge in [-0.15, -0.1) is 0 Å². The first-order valence-electron chi connectivity index (χ1n) is 7.69. The average molecular weight is 340 g/mol. The van der Waals surface area contributed by atoms with Crippen LogP contribution in [-0.2, 0) is 12.8 Å². The number of rotatable bonds is 6. The maximum absolute atomic E-state index is 14.1. The average Bonchev–Trinajstić information content (AvgIpc) is 2.56. The van der Waals surface area contributed by atoms with Crippen LogP contribution >= 0.6 is 0 Å². The van der Waals surface area contributed by atoms with Crippen molar-refractivity contribution in [3.63, 3.8) is 0 Å². The first-order valence-corrected chi connectivity index (χ1v) is 7.69. The topological polar surface area (TPSA) is 0 Å². The van der Waals surface area contributed by atoms with Crippen LogP contribution in [-0.4, -0.2) is 0 Å². The van der Waals surface area contributed by atoms with E-state index >= 15 is 0 Å². The third-order valence-electron chi connectivity index (χ3n) is 3.68. The smallest absolute Gasteiger partial charge is 0.161 e. The van der Waals surface area contributed by atoms with E-state index in [0.29, 0.717) is 24.0 Å². The number of hydrogen-bond donors (Lipinski definition) is 0. The summed E-state index contributed by atoms with van der Waals surface area (Å²) in [6.45, 7) is 1.72. The molecule has 0 heterocycles. The SMILES string of the molecule is CCC/C(F)=C(\F)c1ccc(CCc2ccc(F)c(F)c2)c(F)c1. The highest BCUT2D eigenvalue weighted by Crippen LogP contribution is 2.26. The summed E-state index contributed by atoms with van der Waals surface area (Å²) in [4.78, 5) is 0. The Bertz CT molecular complexity index is 749.